The Hall–Kier alpha value is -1.96. The minimum atomic E-state index is -4.61. The summed E-state index contributed by atoms with van der Waals surface area (Å²) in [7, 11) is 0. The van der Waals surface area contributed by atoms with Gasteiger partial charge in [0.2, 0.25) is 0 Å². The van der Waals surface area contributed by atoms with Crippen molar-refractivity contribution in [2.75, 3.05) is 13.2 Å². The minimum Gasteiger partial charge on any atom is -0.396 e. The van der Waals surface area contributed by atoms with E-state index in [1.165, 1.54) is 18.2 Å². The first kappa shape index (κ1) is 15.0. The summed E-state index contributed by atoms with van der Waals surface area (Å²) in [5, 5.41) is 18.1. The third-order valence-corrected chi connectivity index (χ3v) is 4.14. The highest BCUT2D eigenvalue weighted by Gasteiger charge is 2.65. The second kappa shape index (κ2) is 4.77. The Morgan fingerprint density at radius 3 is 2.50 bits per heavy atom. The van der Waals surface area contributed by atoms with Crippen LogP contribution in [-0.2, 0) is 5.66 Å². The highest BCUT2D eigenvalue weighted by Crippen LogP contribution is 2.52. The summed E-state index contributed by atoms with van der Waals surface area (Å²) in [5.41, 5.74) is -2.84. The summed E-state index contributed by atoms with van der Waals surface area (Å²) in [4.78, 5) is 12.0. The number of hydrogen-bond donors (Lipinski definition) is 2. The number of rotatable bonds is 5. The molecular formula is C14H14F3N3O2. The molecule has 1 heterocycles. The van der Waals surface area contributed by atoms with E-state index in [0.717, 1.165) is 18.9 Å². The van der Waals surface area contributed by atoms with E-state index in [9.17, 15) is 23.1 Å². The van der Waals surface area contributed by atoms with Crippen molar-refractivity contribution in [1.82, 2.24) is 5.32 Å². The predicted octanol–water partition coefficient (Wildman–Crippen LogP) is 2.37. The van der Waals surface area contributed by atoms with Crippen LogP contribution in [0.4, 0.5) is 13.2 Å². The zero-order chi connectivity index (χ0) is 16.0. The molecule has 0 bridgehead atoms. The number of amides is 1. The van der Waals surface area contributed by atoms with Gasteiger partial charge >= 0.3 is 11.8 Å². The quantitative estimate of drug-likeness (QED) is 0.876. The number of aliphatic hydroxyl groups excluding tert-OH is 1. The van der Waals surface area contributed by atoms with Crippen LogP contribution in [0.3, 0.4) is 0 Å². The average molecular weight is 313 g/mol. The highest BCUT2D eigenvalue weighted by molar-refractivity contribution is 5.94. The molecule has 0 atom stereocenters. The van der Waals surface area contributed by atoms with Gasteiger partial charge in [0.25, 0.3) is 5.91 Å². The molecule has 0 unspecified atom stereocenters. The van der Waals surface area contributed by atoms with Gasteiger partial charge in [0.1, 0.15) is 0 Å². The summed E-state index contributed by atoms with van der Waals surface area (Å²) >= 11 is 0. The van der Waals surface area contributed by atoms with Crippen LogP contribution in [0.15, 0.2) is 34.5 Å². The molecule has 5 nitrogen and oxygen atoms in total. The van der Waals surface area contributed by atoms with Crippen LogP contribution < -0.4 is 5.32 Å². The zero-order valence-electron chi connectivity index (χ0n) is 11.5. The molecule has 0 spiro atoms. The molecule has 3 rings (SSSR count). The van der Waals surface area contributed by atoms with Gasteiger partial charge < -0.3 is 10.4 Å². The van der Waals surface area contributed by atoms with Crippen molar-refractivity contribution in [1.29, 1.82) is 0 Å². The van der Waals surface area contributed by atoms with Crippen molar-refractivity contribution >= 4 is 5.91 Å². The van der Waals surface area contributed by atoms with Crippen LogP contribution in [0.25, 0.3) is 0 Å². The normalized spacial score (nSPS) is 20.5. The lowest BCUT2D eigenvalue weighted by atomic mass is 10.00. The Bertz CT molecular complexity index is 632. The Morgan fingerprint density at radius 1 is 1.32 bits per heavy atom. The third kappa shape index (κ3) is 2.47. The zero-order valence-corrected chi connectivity index (χ0v) is 11.5. The Balaban J connectivity index is 1.73. The van der Waals surface area contributed by atoms with Gasteiger partial charge in [-0.15, -0.1) is 10.2 Å². The molecule has 2 N–H and O–H groups in total. The van der Waals surface area contributed by atoms with Crippen molar-refractivity contribution < 1.29 is 23.1 Å². The Kier molecular flexibility index (Phi) is 3.24. The van der Waals surface area contributed by atoms with Crippen LogP contribution in [0, 0.1) is 5.41 Å². The van der Waals surface area contributed by atoms with Crippen LogP contribution >= 0.6 is 0 Å². The molecule has 22 heavy (non-hydrogen) atoms. The Labute approximate surface area is 124 Å². The fourth-order valence-corrected chi connectivity index (χ4v) is 2.26. The summed E-state index contributed by atoms with van der Waals surface area (Å²) < 4.78 is 38.9. The number of aliphatic hydroxyl groups is 1. The second-order valence-electron chi connectivity index (χ2n) is 5.79. The molecular weight excluding hydrogens is 299 g/mol. The molecule has 1 aromatic carbocycles. The fourth-order valence-electron chi connectivity index (χ4n) is 2.26. The predicted molar refractivity (Wildman–Crippen MR) is 70.1 cm³/mol. The average Bonchev–Trinajstić information content (AvgIpc) is 3.38. The molecule has 1 aromatic rings. The molecule has 1 amide bonds. The largest absolute Gasteiger partial charge is 0.442 e. The molecule has 0 radical (unpaired) electrons. The van der Waals surface area contributed by atoms with E-state index >= 15 is 0 Å². The number of carbonyl (C=O) groups is 1. The van der Waals surface area contributed by atoms with E-state index in [4.69, 9.17) is 0 Å². The lowest BCUT2D eigenvalue weighted by Gasteiger charge is -2.16. The van der Waals surface area contributed by atoms with E-state index in [2.05, 4.69) is 15.5 Å². The van der Waals surface area contributed by atoms with Crippen molar-refractivity contribution in [3.8, 4) is 0 Å². The van der Waals surface area contributed by atoms with Gasteiger partial charge in [0.15, 0.2) is 0 Å². The number of benzene rings is 1. The molecule has 0 saturated heterocycles. The maximum absolute atomic E-state index is 13.0. The van der Waals surface area contributed by atoms with Crippen LogP contribution in [-0.4, -0.2) is 30.3 Å². The van der Waals surface area contributed by atoms with E-state index in [0.29, 0.717) is 6.54 Å². The van der Waals surface area contributed by atoms with Gasteiger partial charge in [-0.25, -0.2) is 0 Å². The highest BCUT2D eigenvalue weighted by atomic mass is 19.4. The summed E-state index contributed by atoms with van der Waals surface area (Å²) in [5.74, 6) is -0.473. The molecule has 0 aromatic heterocycles. The van der Waals surface area contributed by atoms with Crippen molar-refractivity contribution in [2.24, 2.45) is 15.6 Å². The number of halogens is 3. The number of nitrogens with zero attached hydrogens (tertiary/aromatic N) is 2. The van der Waals surface area contributed by atoms with Gasteiger partial charge in [-0.1, -0.05) is 12.1 Å². The number of carbonyl (C=O) groups excluding carboxylic acids is 1. The van der Waals surface area contributed by atoms with E-state index in [1.807, 2.05) is 0 Å². The summed E-state index contributed by atoms with van der Waals surface area (Å²) in [6.45, 7) is 0.300. The first-order valence-corrected chi connectivity index (χ1v) is 6.82. The SMILES string of the molecule is O=C(NCC1(CO)CC1)c1cccc(C2(C(F)(F)F)N=N2)c1. The second-order valence-corrected chi connectivity index (χ2v) is 5.79. The molecule has 118 valence electrons. The summed E-state index contributed by atoms with van der Waals surface area (Å²) in [6, 6.07) is 5.21. The van der Waals surface area contributed by atoms with Crippen LogP contribution in [0.2, 0.25) is 0 Å². The van der Waals surface area contributed by atoms with Gasteiger partial charge in [0.05, 0.1) is 6.61 Å². The lowest BCUT2D eigenvalue weighted by molar-refractivity contribution is -0.166. The van der Waals surface area contributed by atoms with Crippen LogP contribution in [0.5, 0.6) is 0 Å². The van der Waals surface area contributed by atoms with E-state index in [1.54, 1.807) is 0 Å². The van der Waals surface area contributed by atoms with E-state index in [-0.39, 0.29) is 23.1 Å². The van der Waals surface area contributed by atoms with Crippen molar-refractivity contribution in [2.45, 2.75) is 24.7 Å². The van der Waals surface area contributed by atoms with E-state index < -0.39 is 17.7 Å². The Morgan fingerprint density at radius 2 is 2.00 bits per heavy atom. The van der Waals surface area contributed by atoms with Gasteiger partial charge in [-0.2, -0.15) is 13.2 Å². The van der Waals surface area contributed by atoms with Gasteiger partial charge in [-0.3, -0.25) is 4.79 Å². The number of nitrogens with one attached hydrogen (secondary N) is 1. The van der Waals surface area contributed by atoms with Crippen LogP contribution in [0.1, 0.15) is 28.8 Å². The van der Waals surface area contributed by atoms with Gasteiger partial charge in [0, 0.05) is 23.1 Å². The number of alkyl halides is 3. The molecule has 8 heteroatoms. The summed E-state index contributed by atoms with van der Waals surface area (Å²) in [6.07, 6.45) is -2.95. The molecule has 1 aliphatic heterocycles. The number of hydrogen-bond acceptors (Lipinski definition) is 4. The monoisotopic (exact) mass is 313 g/mol. The molecule has 1 saturated carbocycles. The maximum Gasteiger partial charge on any atom is 0.442 e. The first-order valence-electron chi connectivity index (χ1n) is 6.82. The van der Waals surface area contributed by atoms with Crippen molar-refractivity contribution in [3.05, 3.63) is 35.4 Å². The lowest BCUT2D eigenvalue weighted by Crippen LogP contribution is -2.33. The smallest absolute Gasteiger partial charge is 0.396 e. The standard InChI is InChI=1S/C14H14F3N3O2/c15-14(16,17)13(19-20-13)10-3-1-2-9(6-10)11(22)18-7-12(8-21)4-5-12/h1-3,6,21H,4-5,7-8H2,(H,18,22). The third-order valence-electron chi connectivity index (χ3n) is 4.14. The maximum atomic E-state index is 13.0. The fraction of sp³-hybridized carbons (Fsp3) is 0.500. The molecule has 1 fully saturated rings. The first-order chi connectivity index (χ1) is 10.3. The molecule has 1 aliphatic carbocycles. The minimum absolute atomic E-state index is 0.0116. The van der Waals surface area contributed by atoms with Crippen molar-refractivity contribution in [3.63, 3.8) is 0 Å². The van der Waals surface area contributed by atoms with Gasteiger partial charge in [-0.05, 0) is 25.0 Å². The molecule has 2 aliphatic rings. The topological polar surface area (TPSA) is 74.0 Å².